The molecule has 2 saturated heterocycles. The number of pyridine rings is 1. The van der Waals surface area contributed by atoms with Gasteiger partial charge in [0.05, 0.1) is 0 Å². The van der Waals surface area contributed by atoms with Gasteiger partial charge in [0.15, 0.2) is 0 Å². The number of fused-ring (bicyclic) bond motifs is 1. The Bertz CT molecular complexity index is 1140. The van der Waals surface area contributed by atoms with E-state index in [1.165, 1.54) is 18.4 Å². The molecule has 3 aliphatic heterocycles. The Morgan fingerprint density at radius 2 is 2.06 bits per heavy atom. The molecule has 9 nitrogen and oxygen atoms in total. The van der Waals surface area contributed by atoms with Crippen molar-refractivity contribution < 1.29 is 19.1 Å². The lowest BCUT2D eigenvalue weighted by molar-refractivity contribution is -0.136. The van der Waals surface area contributed by atoms with E-state index in [4.69, 9.17) is 4.74 Å². The van der Waals surface area contributed by atoms with Crippen LogP contribution in [-0.2, 0) is 22.7 Å². The van der Waals surface area contributed by atoms with Crippen LogP contribution in [0.25, 0.3) is 0 Å². The minimum Gasteiger partial charge on any atom is -0.492 e. The van der Waals surface area contributed by atoms with Crippen molar-refractivity contribution in [3.63, 3.8) is 0 Å². The minimum absolute atomic E-state index is 0.170. The quantitative estimate of drug-likeness (QED) is 0.590. The summed E-state index contributed by atoms with van der Waals surface area (Å²) in [5, 5.41) is 5.52. The standard InChI is InChI=1S/C26H31N5O4/c1-27-24-17(5-4-11-28-24)14-30-12-3-2-6-19(30)16-35-20-7-8-21-18(13-20)15-31(26(21)34)22-9-10-23(32)29-25(22)33/h4-5,7-8,11,13,19,22H,2-3,6,9-10,12,14-16H2,1H3,(H,27,28)(H,29,32,33). The highest BCUT2D eigenvalue weighted by molar-refractivity contribution is 6.05. The van der Waals surface area contributed by atoms with Crippen molar-refractivity contribution >= 4 is 23.5 Å². The molecule has 35 heavy (non-hydrogen) atoms. The molecular weight excluding hydrogens is 446 g/mol. The fourth-order valence-electron chi connectivity index (χ4n) is 5.30. The molecule has 0 aliphatic carbocycles. The number of rotatable bonds is 7. The van der Waals surface area contributed by atoms with Gasteiger partial charge in [-0.1, -0.05) is 12.5 Å². The Labute approximate surface area is 204 Å². The third-order valence-electron chi connectivity index (χ3n) is 7.19. The van der Waals surface area contributed by atoms with Crippen LogP contribution in [0.3, 0.4) is 0 Å². The lowest BCUT2D eigenvalue weighted by Gasteiger charge is -2.35. The number of benzene rings is 1. The van der Waals surface area contributed by atoms with Crippen LogP contribution >= 0.6 is 0 Å². The normalized spacial score (nSPS) is 22.7. The average molecular weight is 478 g/mol. The van der Waals surface area contributed by atoms with E-state index in [0.717, 1.165) is 36.6 Å². The molecule has 1 aromatic carbocycles. The Kier molecular flexibility index (Phi) is 6.68. The molecule has 2 unspecified atom stereocenters. The van der Waals surface area contributed by atoms with E-state index < -0.39 is 11.9 Å². The lowest BCUT2D eigenvalue weighted by atomic mass is 10.0. The number of amides is 3. The van der Waals surface area contributed by atoms with Gasteiger partial charge in [0.25, 0.3) is 5.91 Å². The van der Waals surface area contributed by atoms with Crippen LogP contribution in [0.2, 0.25) is 0 Å². The number of hydrogen-bond acceptors (Lipinski definition) is 7. The van der Waals surface area contributed by atoms with E-state index in [1.807, 2.05) is 25.2 Å². The molecule has 0 spiro atoms. The summed E-state index contributed by atoms with van der Waals surface area (Å²) in [5.74, 6) is 0.780. The summed E-state index contributed by atoms with van der Waals surface area (Å²) < 4.78 is 6.22. The molecule has 3 aliphatic rings. The highest BCUT2D eigenvalue weighted by atomic mass is 16.5. The molecule has 5 rings (SSSR count). The molecule has 2 fully saturated rings. The van der Waals surface area contributed by atoms with Crippen molar-refractivity contribution in [2.45, 2.75) is 57.3 Å². The third-order valence-corrected chi connectivity index (χ3v) is 7.19. The Hall–Kier alpha value is -3.46. The predicted molar refractivity (Wildman–Crippen MR) is 130 cm³/mol. The molecule has 0 radical (unpaired) electrons. The number of piperidine rings is 2. The molecule has 2 atom stereocenters. The summed E-state index contributed by atoms with van der Waals surface area (Å²) in [6, 6.07) is 9.29. The maximum absolute atomic E-state index is 12.9. The van der Waals surface area contributed by atoms with Crippen molar-refractivity contribution in [3.8, 4) is 5.75 Å². The van der Waals surface area contributed by atoms with E-state index in [0.29, 0.717) is 31.2 Å². The zero-order chi connectivity index (χ0) is 24.4. The van der Waals surface area contributed by atoms with Crippen molar-refractivity contribution in [2.75, 3.05) is 25.5 Å². The van der Waals surface area contributed by atoms with Crippen LogP contribution in [-0.4, -0.2) is 64.8 Å². The number of anilines is 1. The van der Waals surface area contributed by atoms with Gasteiger partial charge in [0.1, 0.15) is 24.2 Å². The maximum atomic E-state index is 12.9. The fraction of sp³-hybridized carbons (Fsp3) is 0.462. The summed E-state index contributed by atoms with van der Waals surface area (Å²) in [4.78, 5) is 45.1. The highest BCUT2D eigenvalue weighted by Gasteiger charge is 2.39. The SMILES string of the molecule is CNc1ncccc1CN1CCCCC1COc1ccc2c(c1)CN(C1CCC(=O)NC1=O)C2=O. The second-order valence-corrected chi connectivity index (χ2v) is 9.41. The number of nitrogens with one attached hydrogen (secondary N) is 2. The maximum Gasteiger partial charge on any atom is 0.255 e. The zero-order valence-corrected chi connectivity index (χ0v) is 20.0. The number of carbonyl (C=O) groups is 3. The van der Waals surface area contributed by atoms with Gasteiger partial charge in [-0.3, -0.25) is 24.6 Å². The molecular formula is C26H31N5O4. The van der Waals surface area contributed by atoms with Gasteiger partial charge in [-0.2, -0.15) is 0 Å². The monoisotopic (exact) mass is 477 g/mol. The summed E-state index contributed by atoms with van der Waals surface area (Å²) in [7, 11) is 1.89. The summed E-state index contributed by atoms with van der Waals surface area (Å²) in [6.07, 6.45) is 5.82. The van der Waals surface area contributed by atoms with Crippen molar-refractivity contribution in [1.82, 2.24) is 20.1 Å². The summed E-state index contributed by atoms with van der Waals surface area (Å²) in [6.45, 7) is 2.75. The smallest absolute Gasteiger partial charge is 0.255 e. The third kappa shape index (κ3) is 4.86. The first kappa shape index (κ1) is 23.3. The van der Waals surface area contributed by atoms with Crippen LogP contribution in [0.15, 0.2) is 36.5 Å². The topological polar surface area (TPSA) is 104 Å². The fourth-order valence-corrected chi connectivity index (χ4v) is 5.30. The van der Waals surface area contributed by atoms with Crippen molar-refractivity contribution in [3.05, 3.63) is 53.2 Å². The number of likely N-dealkylation sites (tertiary alicyclic amines) is 1. The number of carbonyl (C=O) groups excluding carboxylic acids is 3. The Morgan fingerprint density at radius 3 is 2.89 bits per heavy atom. The first-order chi connectivity index (χ1) is 17.0. The second-order valence-electron chi connectivity index (χ2n) is 9.41. The zero-order valence-electron chi connectivity index (χ0n) is 20.0. The van der Waals surface area contributed by atoms with Crippen molar-refractivity contribution in [2.24, 2.45) is 0 Å². The van der Waals surface area contributed by atoms with Gasteiger partial charge >= 0.3 is 0 Å². The number of ether oxygens (including phenoxy) is 1. The Balaban J connectivity index is 1.23. The lowest BCUT2D eigenvalue weighted by Crippen LogP contribution is -2.52. The van der Waals surface area contributed by atoms with Gasteiger partial charge in [-0.05, 0) is 55.6 Å². The molecule has 9 heteroatoms. The molecule has 2 N–H and O–H groups in total. The number of imide groups is 1. The van der Waals surface area contributed by atoms with Gasteiger partial charge in [-0.25, -0.2) is 4.98 Å². The molecule has 0 bridgehead atoms. The molecule has 0 saturated carbocycles. The highest BCUT2D eigenvalue weighted by Crippen LogP contribution is 2.31. The van der Waals surface area contributed by atoms with Crippen LogP contribution < -0.4 is 15.4 Å². The average Bonchev–Trinajstić information content (AvgIpc) is 3.19. The minimum atomic E-state index is -0.609. The van der Waals surface area contributed by atoms with Gasteiger partial charge < -0.3 is 15.0 Å². The number of aromatic nitrogens is 1. The van der Waals surface area contributed by atoms with E-state index >= 15 is 0 Å². The van der Waals surface area contributed by atoms with Gasteiger partial charge in [-0.15, -0.1) is 0 Å². The van der Waals surface area contributed by atoms with Crippen LogP contribution in [0.5, 0.6) is 5.75 Å². The molecule has 4 heterocycles. The predicted octanol–water partition coefficient (Wildman–Crippen LogP) is 2.32. The van der Waals surface area contributed by atoms with Crippen LogP contribution in [0.1, 0.15) is 53.6 Å². The Morgan fingerprint density at radius 1 is 1.17 bits per heavy atom. The summed E-state index contributed by atoms with van der Waals surface area (Å²) in [5.41, 5.74) is 2.62. The first-order valence-corrected chi connectivity index (χ1v) is 12.3. The first-order valence-electron chi connectivity index (χ1n) is 12.3. The van der Waals surface area contributed by atoms with Gasteiger partial charge in [0.2, 0.25) is 11.8 Å². The molecule has 2 aromatic rings. The van der Waals surface area contributed by atoms with Crippen LogP contribution in [0.4, 0.5) is 5.82 Å². The largest absolute Gasteiger partial charge is 0.492 e. The molecule has 3 amide bonds. The van der Waals surface area contributed by atoms with Gasteiger partial charge in [0, 0.05) is 49.9 Å². The van der Waals surface area contributed by atoms with Crippen LogP contribution in [0, 0.1) is 0 Å². The summed E-state index contributed by atoms with van der Waals surface area (Å²) >= 11 is 0. The van der Waals surface area contributed by atoms with E-state index in [9.17, 15) is 14.4 Å². The molecule has 1 aromatic heterocycles. The number of nitrogens with zero attached hydrogens (tertiary/aromatic N) is 3. The van der Waals surface area contributed by atoms with E-state index in [1.54, 1.807) is 17.2 Å². The number of hydrogen-bond donors (Lipinski definition) is 2. The van der Waals surface area contributed by atoms with E-state index in [-0.39, 0.29) is 18.2 Å². The van der Waals surface area contributed by atoms with Crippen molar-refractivity contribution in [1.29, 1.82) is 0 Å². The second kappa shape index (κ2) is 10.0. The van der Waals surface area contributed by atoms with E-state index in [2.05, 4.69) is 26.6 Å². The molecule has 184 valence electrons.